The molecule has 1 N–H and O–H groups in total. The Morgan fingerprint density at radius 1 is 1.32 bits per heavy atom. The maximum Gasteiger partial charge on any atom is 0.416 e. The fourth-order valence-electron chi connectivity index (χ4n) is 1.56. The molecule has 0 bridgehead atoms. The highest BCUT2D eigenvalue weighted by molar-refractivity contribution is 5.56. The number of halogens is 4. The van der Waals surface area contributed by atoms with Crippen LogP contribution in [0.1, 0.15) is 11.3 Å². The van der Waals surface area contributed by atoms with Crippen LogP contribution in [0.4, 0.5) is 17.6 Å². The molecule has 0 spiro atoms. The minimum absolute atomic E-state index is 0.172. The lowest BCUT2D eigenvalue weighted by atomic mass is 10.1. The monoisotopic (exact) mass is 274 g/mol. The molecule has 19 heavy (non-hydrogen) atoms. The first kappa shape index (κ1) is 13.5. The Hall–Kier alpha value is -1.89. The Kier molecular flexibility index (Phi) is 3.57. The van der Waals surface area contributed by atoms with Crippen LogP contribution in [0.15, 0.2) is 28.9 Å². The fraction of sp³-hybridized carbons (Fsp3) is 0.250. The molecule has 0 atom stereocenters. The van der Waals surface area contributed by atoms with E-state index in [1.165, 1.54) is 6.26 Å². The zero-order valence-electron chi connectivity index (χ0n) is 9.88. The summed E-state index contributed by atoms with van der Waals surface area (Å²) in [6, 6.07) is 2.11. The molecular formula is C12H10F4N2O. The second-order valence-corrected chi connectivity index (χ2v) is 3.87. The van der Waals surface area contributed by atoms with Crippen molar-refractivity contribution in [3.8, 4) is 11.5 Å². The van der Waals surface area contributed by atoms with Gasteiger partial charge >= 0.3 is 6.18 Å². The van der Waals surface area contributed by atoms with Crippen LogP contribution in [-0.4, -0.2) is 12.0 Å². The molecule has 0 unspecified atom stereocenters. The largest absolute Gasteiger partial charge is 0.444 e. The summed E-state index contributed by atoms with van der Waals surface area (Å²) in [6.07, 6.45) is -3.27. The zero-order valence-corrected chi connectivity index (χ0v) is 9.88. The van der Waals surface area contributed by atoms with Crippen molar-refractivity contribution < 1.29 is 22.0 Å². The van der Waals surface area contributed by atoms with E-state index in [0.717, 1.165) is 6.07 Å². The normalized spacial score (nSPS) is 11.8. The molecule has 0 saturated carbocycles. The number of nitrogens with zero attached hydrogens (tertiary/aromatic N) is 1. The average Bonchev–Trinajstić information content (AvgIpc) is 2.77. The van der Waals surface area contributed by atoms with Gasteiger partial charge in [-0.2, -0.15) is 13.2 Å². The van der Waals surface area contributed by atoms with Crippen LogP contribution < -0.4 is 5.32 Å². The first-order chi connectivity index (χ1) is 8.91. The third-order valence-corrected chi connectivity index (χ3v) is 2.43. The van der Waals surface area contributed by atoms with Gasteiger partial charge in [-0.1, -0.05) is 0 Å². The smallest absolute Gasteiger partial charge is 0.416 e. The standard InChI is InChI=1S/C12H10F4N2O/c1-17-5-8-6-19-11(18-8)9-4-7(12(14,15)16)2-3-10(9)13/h2-4,6,17H,5H2,1H3. The lowest BCUT2D eigenvalue weighted by Gasteiger charge is -2.07. The third kappa shape index (κ3) is 2.93. The van der Waals surface area contributed by atoms with E-state index in [1.54, 1.807) is 7.05 Å². The molecule has 0 aliphatic heterocycles. The van der Waals surface area contributed by atoms with E-state index >= 15 is 0 Å². The summed E-state index contributed by atoms with van der Waals surface area (Å²) in [5.74, 6) is -0.986. The van der Waals surface area contributed by atoms with Crippen molar-refractivity contribution in [2.75, 3.05) is 7.05 Å². The molecule has 0 amide bonds. The number of hydrogen-bond acceptors (Lipinski definition) is 3. The predicted octanol–water partition coefficient (Wildman–Crippen LogP) is 3.22. The summed E-state index contributed by atoms with van der Waals surface area (Å²) in [5.41, 5.74) is -0.774. The SMILES string of the molecule is CNCc1coc(-c2cc(C(F)(F)F)ccc2F)n1. The summed E-state index contributed by atoms with van der Waals surface area (Å²) < 4.78 is 56.2. The van der Waals surface area contributed by atoms with E-state index in [4.69, 9.17) is 4.42 Å². The molecule has 0 radical (unpaired) electrons. The number of oxazole rings is 1. The number of aromatic nitrogens is 1. The number of nitrogens with one attached hydrogen (secondary N) is 1. The molecular weight excluding hydrogens is 264 g/mol. The highest BCUT2D eigenvalue weighted by atomic mass is 19.4. The summed E-state index contributed by atoms with van der Waals surface area (Å²) >= 11 is 0. The van der Waals surface area contributed by atoms with Crippen molar-refractivity contribution in [3.05, 3.63) is 41.5 Å². The van der Waals surface area contributed by atoms with Gasteiger partial charge in [0, 0.05) is 6.54 Å². The molecule has 0 fully saturated rings. The van der Waals surface area contributed by atoms with Crippen molar-refractivity contribution in [2.45, 2.75) is 12.7 Å². The Bertz CT molecular complexity index is 577. The van der Waals surface area contributed by atoms with E-state index < -0.39 is 17.6 Å². The maximum absolute atomic E-state index is 13.6. The van der Waals surface area contributed by atoms with Crippen molar-refractivity contribution in [3.63, 3.8) is 0 Å². The summed E-state index contributed by atoms with van der Waals surface area (Å²) in [5, 5.41) is 2.80. The van der Waals surface area contributed by atoms with Gasteiger partial charge in [-0.25, -0.2) is 9.37 Å². The fourth-order valence-corrected chi connectivity index (χ4v) is 1.56. The van der Waals surface area contributed by atoms with Crippen LogP contribution >= 0.6 is 0 Å². The maximum atomic E-state index is 13.6. The summed E-state index contributed by atoms with van der Waals surface area (Å²) in [4.78, 5) is 3.92. The molecule has 1 heterocycles. The lowest BCUT2D eigenvalue weighted by Crippen LogP contribution is -2.06. The Labute approximate surface area is 106 Å². The Balaban J connectivity index is 2.42. The van der Waals surface area contributed by atoms with Crippen LogP contribution in [0.25, 0.3) is 11.5 Å². The highest BCUT2D eigenvalue weighted by Gasteiger charge is 2.31. The second-order valence-electron chi connectivity index (χ2n) is 3.87. The molecule has 3 nitrogen and oxygen atoms in total. The van der Waals surface area contributed by atoms with Gasteiger partial charge in [0.2, 0.25) is 5.89 Å². The van der Waals surface area contributed by atoms with Gasteiger partial charge in [0.25, 0.3) is 0 Å². The van der Waals surface area contributed by atoms with Crippen molar-refractivity contribution in [1.29, 1.82) is 0 Å². The van der Waals surface area contributed by atoms with Crippen molar-refractivity contribution in [1.82, 2.24) is 10.3 Å². The third-order valence-electron chi connectivity index (χ3n) is 2.43. The molecule has 0 aliphatic rings. The molecule has 1 aromatic carbocycles. The highest BCUT2D eigenvalue weighted by Crippen LogP contribution is 2.33. The number of alkyl halides is 3. The number of rotatable bonds is 3. The van der Waals surface area contributed by atoms with Gasteiger partial charge in [0.05, 0.1) is 16.8 Å². The molecule has 7 heteroatoms. The molecule has 102 valence electrons. The van der Waals surface area contributed by atoms with Gasteiger partial charge in [0.15, 0.2) is 0 Å². The first-order valence-corrected chi connectivity index (χ1v) is 5.38. The Morgan fingerprint density at radius 2 is 2.05 bits per heavy atom. The quantitative estimate of drug-likeness (QED) is 0.873. The second kappa shape index (κ2) is 5.00. The molecule has 1 aromatic heterocycles. The minimum atomic E-state index is -4.54. The van der Waals surface area contributed by atoms with E-state index in [1.807, 2.05) is 0 Å². The van der Waals surface area contributed by atoms with Crippen LogP contribution in [0.3, 0.4) is 0 Å². The molecule has 2 rings (SSSR count). The van der Waals surface area contributed by atoms with E-state index in [0.29, 0.717) is 24.4 Å². The summed E-state index contributed by atoms with van der Waals surface area (Å²) in [7, 11) is 1.68. The van der Waals surface area contributed by atoms with E-state index in [9.17, 15) is 17.6 Å². The lowest BCUT2D eigenvalue weighted by molar-refractivity contribution is -0.137. The van der Waals surface area contributed by atoms with Gasteiger partial charge < -0.3 is 9.73 Å². The van der Waals surface area contributed by atoms with E-state index in [-0.39, 0.29) is 11.5 Å². The van der Waals surface area contributed by atoms with Gasteiger partial charge in [-0.05, 0) is 25.2 Å². The van der Waals surface area contributed by atoms with Gasteiger partial charge in [-0.15, -0.1) is 0 Å². The summed E-state index contributed by atoms with van der Waals surface area (Å²) in [6.45, 7) is 0.379. The molecule has 0 saturated heterocycles. The number of benzene rings is 1. The molecule has 2 aromatic rings. The van der Waals surface area contributed by atoms with Crippen LogP contribution in [0, 0.1) is 5.82 Å². The van der Waals surface area contributed by atoms with Crippen molar-refractivity contribution in [2.24, 2.45) is 0 Å². The topological polar surface area (TPSA) is 38.1 Å². The van der Waals surface area contributed by atoms with Gasteiger partial charge in [-0.3, -0.25) is 0 Å². The van der Waals surface area contributed by atoms with Gasteiger partial charge in [0.1, 0.15) is 12.1 Å². The number of hydrogen-bond donors (Lipinski definition) is 1. The van der Waals surface area contributed by atoms with Crippen LogP contribution in [0.5, 0.6) is 0 Å². The van der Waals surface area contributed by atoms with Crippen molar-refractivity contribution >= 4 is 0 Å². The molecule has 0 aliphatic carbocycles. The van der Waals surface area contributed by atoms with Crippen LogP contribution in [0.2, 0.25) is 0 Å². The average molecular weight is 274 g/mol. The minimum Gasteiger partial charge on any atom is -0.444 e. The van der Waals surface area contributed by atoms with E-state index in [2.05, 4.69) is 10.3 Å². The van der Waals surface area contributed by atoms with Crippen LogP contribution in [-0.2, 0) is 12.7 Å². The zero-order chi connectivity index (χ0) is 14.0. The first-order valence-electron chi connectivity index (χ1n) is 5.38. The Morgan fingerprint density at radius 3 is 2.68 bits per heavy atom. The predicted molar refractivity (Wildman–Crippen MR) is 59.7 cm³/mol.